The third kappa shape index (κ3) is 5.44. The van der Waals surface area contributed by atoms with E-state index in [4.69, 9.17) is 16.3 Å². The van der Waals surface area contributed by atoms with Crippen LogP contribution in [-0.2, 0) is 14.3 Å². The molecule has 0 saturated carbocycles. The molecule has 2 N–H and O–H groups in total. The summed E-state index contributed by atoms with van der Waals surface area (Å²) in [5, 5.41) is 11.5. The smallest absolute Gasteiger partial charge is 0.339 e. The van der Waals surface area contributed by atoms with Crippen molar-refractivity contribution in [2.45, 2.75) is 6.92 Å². The average Bonchev–Trinajstić information content (AvgIpc) is 2.98. The number of rotatable bonds is 6. The molecule has 0 aliphatic carbocycles. The number of phenolic OH excluding ortho intramolecular Hbond substituents is 1. The number of nitrogens with zero attached hydrogens (tertiary/aromatic N) is 1. The first kappa shape index (κ1) is 22.4. The maximum absolute atomic E-state index is 12.5. The van der Waals surface area contributed by atoms with Crippen LogP contribution in [0.25, 0.3) is 6.08 Å². The van der Waals surface area contributed by atoms with Gasteiger partial charge in [-0.2, -0.15) is 0 Å². The van der Waals surface area contributed by atoms with Gasteiger partial charge in [0.05, 0.1) is 22.1 Å². The number of esters is 1. The Morgan fingerprint density at radius 2 is 1.90 bits per heavy atom. The number of anilines is 1. The van der Waals surface area contributed by atoms with E-state index in [-0.39, 0.29) is 33.5 Å². The van der Waals surface area contributed by atoms with Gasteiger partial charge in [-0.15, -0.1) is 0 Å². The van der Waals surface area contributed by atoms with Crippen LogP contribution >= 0.6 is 23.4 Å². The highest BCUT2D eigenvalue weighted by Gasteiger charge is 2.36. The Hall–Kier alpha value is -3.30. The molecule has 0 aromatic heterocycles. The van der Waals surface area contributed by atoms with Gasteiger partial charge in [0.2, 0.25) is 5.91 Å². The molecule has 10 heteroatoms. The molecule has 1 aliphatic heterocycles. The molecular weight excluding hydrogens is 444 g/mol. The zero-order valence-electron chi connectivity index (χ0n) is 16.3. The Morgan fingerprint density at radius 3 is 2.58 bits per heavy atom. The van der Waals surface area contributed by atoms with Crippen molar-refractivity contribution in [2.75, 3.05) is 18.5 Å². The predicted octanol–water partition coefficient (Wildman–Crippen LogP) is 3.90. The number of carbonyl (C=O) groups excluding carboxylic acids is 4. The zero-order valence-corrected chi connectivity index (χ0v) is 17.8. The summed E-state index contributed by atoms with van der Waals surface area (Å²) in [7, 11) is 0. The van der Waals surface area contributed by atoms with E-state index in [0.717, 1.165) is 16.7 Å². The number of hydrogen-bond donors (Lipinski definition) is 2. The summed E-state index contributed by atoms with van der Waals surface area (Å²) in [6.45, 7) is 1.33. The number of imide groups is 1. The number of phenols is 1. The highest BCUT2D eigenvalue weighted by molar-refractivity contribution is 8.18. The fourth-order valence-corrected chi connectivity index (χ4v) is 3.70. The van der Waals surface area contributed by atoms with Gasteiger partial charge in [-0.1, -0.05) is 23.7 Å². The summed E-state index contributed by atoms with van der Waals surface area (Å²) in [5.41, 5.74) is 0.980. The van der Waals surface area contributed by atoms with Crippen molar-refractivity contribution in [1.29, 1.82) is 0 Å². The summed E-state index contributed by atoms with van der Waals surface area (Å²) >= 11 is 6.72. The van der Waals surface area contributed by atoms with Crippen molar-refractivity contribution < 1.29 is 29.0 Å². The molecule has 3 rings (SSSR count). The van der Waals surface area contributed by atoms with Gasteiger partial charge in [0.1, 0.15) is 12.3 Å². The number of hydrogen-bond acceptors (Lipinski definition) is 7. The largest absolute Gasteiger partial charge is 0.508 e. The number of amides is 3. The van der Waals surface area contributed by atoms with Crippen molar-refractivity contribution in [3.63, 3.8) is 0 Å². The Labute approximate surface area is 186 Å². The summed E-state index contributed by atoms with van der Waals surface area (Å²) < 4.78 is 4.92. The van der Waals surface area contributed by atoms with E-state index in [2.05, 4.69) is 5.32 Å². The highest BCUT2D eigenvalue weighted by atomic mass is 35.5. The van der Waals surface area contributed by atoms with Gasteiger partial charge in [0.25, 0.3) is 11.1 Å². The second-order valence-electron chi connectivity index (χ2n) is 6.32. The minimum Gasteiger partial charge on any atom is -0.508 e. The van der Waals surface area contributed by atoms with Gasteiger partial charge < -0.3 is 15.2 Å². The summed E-state index contributed by atoms with van der Waals surface area (Å²) in [5.74, 6) is -1.77. The van der Waals surface area contributed by atoms with E-state index < -0.39 is 29.6 Å². The molecule has 0 spiro atoms. The molecule has 8 nitrogen and oxygen atoms in total. The van der Waals surface area contributed by atoms with E-state index in [1.807, 2.05) is 0 Å². The lowest BCUT2D eigenvalue weighted by Crippen LogP contribution is -2.36. The molecule has 2 aromatic rings. The lowest BCUT2D eigenvalue weighted by Gasteiger charge is -2.13. The molecule has 1 saturated heterocycles. The number of carbonyl (C=O) groups is 4. The first-order valence-electron chi connectivity index (χ1n) is 9.09. The zero-order chi connectivity index (χ0) is 22.5. The predicted molar refractivity (Wildman–Crippen MR) is 117 cm³/mol. The van der Waals surface area contributed by atoms with Crippen molar-refractivity contribution in [3.8, 4) is 5.75 Å². The number of halogens is 1. The van der Waals surface area contributed by atoms with E-state index in [9.17, 15) is 24.3 Å². The third-order valence-electron chi connectivity index (χ3n) is 4.11. The third-order valence-corrected chi connectivity index (χ3v) is 5.35. The SMILES string of the molecule is CCOC(=O)c1cc(NC(=O)CN2C(=O)S/C(=C/c3ccc(O)cc3)C2=O)ccc1Cl. The molecule has 2 aromatic carbocycles. The van der Waals surface area contributed by atoms with Gasteiger partial charge in [-0.25, -0.2) is 4.79 Å². The highest BCUT2D eigenvalue weighted by Crippen LogP contribution is 2.32. The van der Waals surface area contributed by atoms with Crippen LogP contribution in [0.15, 0.2) is 47.4 Å². The van der Waals surface area contributed by atoms with Crippen LogP contribution in [0, 0.1) is 0 Å². The Balaban J connectivity index is 1.68. The normalized spacial score (nSPS) is 14.8. The molecular formula is C21H17ClN2O6S. The molecule has 0 radical (unpaired) electrons. The molecule has 1 fully saturated rings. The van der Waals surface area contributed by atoms with Gasteiger partial charge >= 0.3 is 5.97 Å². The van der Waals surface area contributed by atoms with Crippen LogP contribution in [0.3, 0.4) is 0 Å². The second-order valence-corrected chi connectivity index (χ2v) is 7.72. The van der Waals surface area contributed by atoms with E-state index in [1.54, 1.807) is 19.1 Å². The Morgan fingerprint density at radius 1 is 1.19 bits per heavy atom. The van der Waals surface area contributed by atoms with Crippen molar-refractivity contribution in [2.24, 2.45) is 0 Å². The van der Waals surface area contributed by atoms with Crippen LogP contribution in [0.2, 0.25) is 5.02 Å². The van der Waals surface area contributed by atoms with Gasteiger partial charge in [0.15, 0.2) is 0 Å². The van der Waals surface area contributed by atoms with Gasteiger partial charge in [0, 0.05) is 5.69 Å². The summed E-state index contributed by atoms with van der Waals surface area (Å²) in [6.07, 6.45) is 1.51. The number of ether oxygens (including phenoxy) is 1. The van der Waals surface area contributed by atoms with E-state index in [0.29, 0.717) is 5.56 Å². The molecule has 3 amide bonds. The monoisotopic (exact) mass is 460 g/mol. The lowest BCUT2D eigenvalue weighted by molar-refractivity contribution is -0.127. The lowest BCUT2D eigenvalue weighted by atomic mass is 10.2. The van der Waals surface area contributed by atoms with Gasteiger partial charge in [-0.3, -0.25) is 19.3 Å². The number of aromatic hydroxyl groups is 1. The van der Waals surface area contributed by atoms with Crippen molar-refractivity contribution in [3.05, 3.63) is 63.5 Å². The Bertz CT molecular complexity index is 1080. The van der Waals surface area contributed by atoms with Crippen LogP contribution in [-0.4, -0.2) is 46.2 Å². The molecule has 0 atom stereocenters. The minimum atomic E-state index is -0.631. The summed E-state index contributed by atoms with van der Waals surface area (Å²) in [6, 6.07) is 10.4. The topological polar surface area (TPSA) is 113 Å². The summed E-state index contributed by atoms with van der Waals surface area (Å²) in [4.78, 5) is 50.1. The fraction of sp³-hybridized carbons (Fsp3) is 0.143. The van der Waals surface area contributed by atoms with Crippen LogP contribution in [0.1, 0.15) is 22.8 Å². The second kappa shape index (κ2) is 9.67. The molecule has 0 bridgehead atoms. The van der Waals surface area contributed by atoms with Crippen molar-refractivity contribution in [1.82, 2.24) is 4.90 Å². The van der Waals surface area contributed by atoms with Crippen molar-refractivity contribution >= 4 is 58.1 Å². The number of nitrogens with one attached hydrogen (secondary N) is 1. The molecule has 1 aliphatic rings. The maximum Gasteiger partial charge on any atom is 0.339 e. The fourth-order valence-electron chi connectivity index (χ4n) is 2.67. The van der Waals surface area contributed by atoms with Crippen LogP contribution < -0.4 is 5.32 Å². The molecule has 0 unspecified atom stereocenters. The standard InChI is InChI=1S/C21H17ClN2O6S/c1-2-30-20(28)15-10-13(5-8-16(15)22)23-18(26)11-24-19(27)17(31-21(24)29)9-12-3-6-14(25)7-4-12/h3-10,25H,2,11H2,1H3,(H,23,26)/b17-9+. The Kier molecular flexibility index (Phi) is 6.98. The van der Waals surface area contributed by atoms with E-state index >= 15 is 0 Å². The first-order chi connectivity index (χ1) is 14.8. The minimum absolute atomic E-state index is 0.0789. The molecule has 160 valence electrons. The van der Waals surface area contributed by atoms with E-state index in [1.165, 1.54) is 36.4 Å². The molecule has 1 heterocycles. The maximum atomic E-state index is 12.5. The van der Waals surface area contributed by atoms with Crippen LogP contribution in [0.4, 0.5) is 10.5 Å². The van der Waals surface area contributed by atoms with Gasteiger partial charge in [-0.05, 0) is 60.7 Å². The van der Waals surface area contributed by atoms with Crippen LogP contribution in [0.5, 0.6) is 5.75 Å². The number of thioether (sulfide) groups is 1. The average molecular weight is 461 g/mol. The quantitative estimate of drug-likeness (QED) is 0.496. The molecule has 31 heavy (non-hydrogen) atoms. The number of benzene rings is 2. The first-order valence-corrected chi connectivity index (χ1v) is 10.3.